The molecule has 6 heteroatoms. The summed E-state index contributed by atoms with van der Waals surface area (Å²) in [7, 11) is 5.75. The molecule has 21 heavy (non-hydrogen) atoms. The number of carbonyl (C=O) groups is 2. The number of hydrogen-bond acceptors (Lipinski definition) is 3. The Morgan fingerprint density at radius 2 is 2.14 bits per heavy atom. The quantitative estimate of drug-likeness (QED) is 0.764. The van der Waals surface area contributed by atoms with E-state index in [1.54, 1.807) is 32.9 Å². The second kappa shape index (κ2) is 5.80. The van der Waals surface area contributed by atoms with Crippen LogP contribution in [0.15, 0.2) is 18.2 Å². The fourth-order valence-corrected chi connectivity index (χ4v) is 2.18. The van der Waals surface area contributed by atoms with Crippen molar-refractivity contribution in [1.29, 1.82) is 0 Å². The Morgan fingerprint density at radius 3 is 2.81 bits per heavy atom. The highest BCUT2D eigenvalue weighted by molar-refractivity contribution is 6.32. The van der Waals surface area contributed by atoms with Crippen molar-refractivity contribution in [1.82, 2.24) is 5.32 Å². The van der Waals surface area contributed by atoms with E-state index < -0.39 is 17.7 Å². The first-order chi connectivity index (χ1) is 9.74. The first-order valence-electron chi connectivity index (χ1n) is 6.93. The summed E-state index contributed by atoms with van der Waals surface area (Å²) in [6.07, 6.45) is 0.564. The molecule has 0 bridgehead atoms. The molecule has 0 saturated carbocycles. The molecular weight excluding hydrogens is 267 g/mol. The molecule has 0 saturated heterocycles. The number of ether oxygens (including phenoxy) is 1. The monoisotopic (exact) mass is 286 g/mol. The molecule has 0 spiro atoms. The van der Waals surface area contributed by atoms with Gasteiger partial charge in [-0.3, -0.25) is 4.79 Å². The van der Waals surface area contributed by atoms with Crippen molar-refractivity contribution in [2.75, 3.05) is 5.32 Å². The maximum Gasteiger partial charge on any atom is 0.408 e. The number of carbonyl (C=O) groups excluding carboxylic acids is 2. The maximum absolute atomic E-state index is 12.2. The third-order valence-corrected chi connectivity index (χ3v) is 3.10. The largest absolute Gasteiger partial charge is 0.444 e. The molecule has 1 aliphatic heterocycles. The van der Waals surface area contributed by atoms with Crippen molar-refractivity contribution in [2.24, 2.45) is 0 Å². The third-order valence-electron chi connectivity index (χ3n) is 3.10. The zero-order valence-electron chi connectivity index (χ0n) is 12.5. The topological polar surface area (TPSA) is 67.4 Å². The van der Waals surface area contributed by atoms with Crippen molar-refractivity contribution < 1.29 is 14.3 Å². The molecular formula is C15H19BN2O3. The van der Waals surface area contributed by atoms with Gasteiger partial charge < -0.3 is 15.4 Å². The highest BCUT2D eigenvalue weighted by Gasteiger charge is 2.27. The number of anilines is 1. The van der Waals surface area contributed by atoms with Gasteiger partial charge in [0.1, 0.15) is 19.5 Å². The maximum atomic E-state index is 12.2. The van der Waals surface area contributed by atoms with Gasteiger partial charge in [-0.25, -0.2) is 4.79 Å². The summed E-state index contributed by atoms with van der Waals surface area (Å²) in [4.78, 5) is 23.9. The number of aryl methyl sites for hydroxylation is 1. The smallest absolute Gasteiger partial charge is 0.408 e. The highest BCUT2D eigenvalue weighted by Crippen LogP contribution is 2.21. The number of benzene rings is 1. The summed E-state index contributed by atoms with van der Waals surface area (Å²) in [6.45, 7) is 5.33. The molecule has 1 heterocycles. The molecule has 0 aromatic heterocycles. The van der Waals surface area contributed by atoms with Gasteiger partial charge in [0, 0.05) is 5.69 Å². The minimum atomic E-state index is -0.617. The highest BCUT2D eigenvalue weighted by atomic mass is 16.6. The Bertz CT molecular complexity index is 567. The predicted molar refractivity (Wildman–Crippen MR) is 81.9 cm³/mol. The first-order valence-corrected chi connectivity index (χ1v) is 6.93. The van der Waals surface area contributed by atoms with Crippen molar-refractivity contribution in [3.63, 3.8) is 0 Å². The Hall–Kier alpha value is -1.98. The first kappa shape index (κ1) is 15.4. The van der Waals surface area contributed by atoms with Crippen LogP contribution in [0, 0.1) is 0 Å². The van der Waals surface area contributed by atoms with E-state index in [1.165, 1.54) is 0 Å². The summed E-state index contributed by atoms with van der Waals surface area (Å²) in [5.74, 6) is -0.246. The third kappa shape index (κ3) is 4.24. The van der Waals surface area contributed by atoms with Crippen molar-refractivity contribution in [3.05, 3.63) is 23.8 Å². The van der Waals surface area contributed by atoms with Crippen LogP contribution in [0.1, 0.15) is 32.8 Å². The molecule has 5 nitrogen and oxygen atoms in total. The predicted octanol–water partition coefficient (Wildman–Crippen LogP) is 1.26. The summed E-state index contributed by atoms with van der Waals surface area (Å²) in [5.41, 5.74) is 1.77. The van der Waals surface area contributed by atoms with E-state index in [1.807, 2.05) is 6.07 Å². The van der Waals surface area contributed by atoms with Crippen LogP contribution in [0.4, 0.5) is 10.5 Å². The SMILES string of the molecule is [B]c1ccc2c(c1)CCC(NC(=O)OC(C)(C)C)C(=O)N2. The molecule has 1 aliphatic rings. The second-order valence-corrected chi connectivity index (χ2v) is 6.14. The fraction of sp³-hybridized carbons (Fsp3) is 0.467. The fourth-order valence-electron chi connectivity index (χ4n) is 2.18. The lowest BCUT2D eigenvalue weighted by Crippen LogP contribution is -2.45. The van der Waals surface area contributed by atoms with E-state index in [9.17, 15) is 9.59 Å². The van der Waals surface area contributed by atoms with E-state index in [-0.39, 0.29) is 5.91 Å². The van der Waals surface area contributed by atoms with Crippen LogP contribution in [0.5, 0.6) is 0 Å². The Morgan fingerprint density at radius 1 is 1.43 bits per heavy atom. The lowest BCUT2D eigenvalue weighted by atomic mass is 9.92. The van der Waals surface area contributed by atoms with Gasteiger partial charge in [0.2, 0.25) is 5.91 Å². The summed E-state index contributed by atoms with van der Waals surface area (Å²) in [5, 5.41) is 5.41. The van der Waals surface area contributed by atoms with Gasteiger partial charge in [-0.05, 0) is 45.2 Å². The lowest BCUT2D eigenvalue weighted by molar-refractivity contribution is -0.118. The van der Waals surface area contributed by atoms with Gasteiger partial charge in [0.25, 0.3) is 0 Å². The second-order valence-electron chi connectivity index (χ2n) is 6.14. The minimum Gasteiger partial charge on any atom is -0.444 e. The molecule has 2 radical (unpaired) electrons. The number of alkyl carbamates (subject to hydrolysis) is 1. The molecule has 1 aromatic rings. The van der Waals surface area contributed by atoms with Crippen LogP contribution in [0.3, 0.4) is 0 Å². The van der Waals surface area contributed by atoms with Crippen LogP contribution in [-0.2, 0) is 16.0 Å². The van der Waals surface area contributed by atoms with Gasteiger partial charge in [0.15, 0.2) is 0 Å². The average Bonchev–Trinajstić information content (AvgIpc) is 2.48. The van der Waals surface area contributed by atoms with Gasteiger partial charge in [-0.15, -0.1) is 0 Å². The van der Waals surface area contributed by atoms with Crippen LogP contribution in [-0.4, -0.2) is 31.5 Å². The van der Waals surface area contributed by atoms with Crippen molar-refractivity contribution in [2.45, 2.75) is 45.3 Å². The summed E-state index contributed by atoms with van der Waals surface area (Å²) in [6, 6.07) is 4.73. The number of hydrogen-bond donors (Lipinski definition) is 2. The average molecular weight is 286 g/mol. The van der Waals surface area contributed by atoms with E-state index >= 15 is 0 Å². The molecule has 0 fully saturated rings. The van der Waals surface area contributed by atoms with Gasteiger partial charge >= 0.3 is 6.09 Å². The number of amides is 2. The number of rotatable bonds is 1. The minimum absolute atomic E-state index is 0.246. The van der Waals surface area contributed by atoms with Crippen molar-refractivity contribution in [3.8, 4) is 0 Å². The van der Waals surface area contributed by atoms with Crippen LogP contribution in [0.2, 0.25) is 0 Å². The van der Waals surface area contributed by atoms with Crippen LogP contribution < -0.4 is 16.1 Å². The zero-order chi connectivity index (χ0) is 15.6. The van der Waals surface area contributed by atoms with E-state index in [2.05, 4.69) is 10.6 Å². The normalized spacial score (nSPS) is 18.2. The van der Waals surface area contributed by atoms with Crippen LogP contribution in [0.25, 0.3) is 0 Å². The number of nitrogens with one attached hydrogen (secondary N) is 2. The molecule has 1 unspecified atom stereocenters. The molecule has 2 amide bonds. The molecule has 110 valence electrons. The van der Waals surface area contributed by atoms with E-state index in [0.29, 0.717) is 18.3 Å². The Labute approximate surface area is 125 Å². The van der Waals surface area contributed by atoms with E-state index in [4.69, 9.17) is 12.6 Å². The van der Waals surface area contributed by atoms with Crippen molar-refractivity contribution >= 4 is 31.0 Å². The Kier molecular flexibility index (Phi) is 4.25. The summed E-state index contributed by atoms with van der Waals surface area (Å²) < 4.78 is 5.18. The zero-order valence-corrected chi connectivity index (χ0v) is 12.5. The van der Waals surface area contributed by atoms with Gasteiger partial charge in [-0.1, -0.05) is 17.6 Å². The van der Waals surface area contributed by atoms with E-state index in [0.717, 1.165) is 11.3 Å². The molecule has 2 N–H and O–H groups in total. The van der Waals surface area contributed by atoms with Gasteiger partial charge in [0.05, 0.1) is 0 Å². The molecule has 1 atom stereocenters. The molecule has 0 aliphatic carbocycles. The molecule has 1 aromatic carbocycles. The van der Waals surface area contributed by atoms with Crippen LogP contribution >= 0.6 is 0 Å². The Balaban J connectivity index is 2.05. The lowest BCUT2D eigenvalue weighted by Gasteiger charge is -2.22. The summed E-state index contributed by atoms with van der Waals surface area (Å²) >= 11 is 0. The number of fused-ring (bicyclic) bond motifs is 1. The van der Waals surface area contributed by atoms with Gasteiger partial charge in [-0.2, -0.15) is 0 Å². The standard InChI is InChI=1S/C15H19BN2O3/c1-15(2,3)21-14(20)18-12-6-4-9-8-10(16)5-7-11(9)17-13(12)19/h5,7-8,12H,4,6H2,1-3H3,(H,17,19)(H,18,20). The molecule has 2 rings (SSSR count).